The van der Waals surface area contributed by atoms with Crippen LogP contribution in [0, 0.1) is 0 Å². The van der Waals surface area contributed by atoms with E-state index in [-0.39, 0.29) is 0 Å². The molecular formula is C10H10ClF2NO. The van der Waals surface area contributed by atoms with Gasteiger partial charge in [-0.2, -0.15) is 8.78 Å². The first-order chi connectivity index (χ1) is 7.00. The van der Waals surface area contributed by atoms with Gasteiger partial charge in [0.05, 0.1) is 6.04 Å². The van der Waals surface area contributed by atoms with Crippen LogP contribution in [0.3, 0.4) is 0 Å². The Hall–Kier alpha value is -1.16. The van der Waals surface area contributed by atoms with Crippen LogP contribution < -0.4 is 5.32 Å². The lowest BCUT2D eigenvalue weighted by Crippen LogP contribution is -2.31. The second-order valence-corrected chi connectivity index (χ2v) is 3.52. The first kappa shape index (κ1) is 11.9. The van der Waals surface area contributed by atoms with Gasteiger partial charge in [0.15, 0.2) is 0 Å². The molecule has 1 aromatic rings. The molecule has 0 aromatic heterocycles. The number of nitrogens with one attached hydrogen (secondary N) is 1. The Labute approximate surface area is 91.2 Å². The summed E-state index contributed by atoms with van der Waals surface area (Å²) >= 11 is 5.73. The van der Waals surface area contributed by atoms with Gasteiger partial charge in [-0.3, -0.25) is 4.79 Å². The minimum absolute atomic E-state index is 0.481. The van der Waals surface area contributed by atoms with E-state index in [1.54, 1.807) is 31.2 Å². The smallest absolute Gasteiger partial charge is 0.315 e. The van der Waals surface area contributed by atoms with Crippen molar-refractivity contribution in [2.75, 3.05) is 0 Å². The van der Waals surface area contributed by atoms with Crippen molar-refractivity contribution in [3.8, 4) is 0 Å². The van der Waals surface area contributed by atoms with Crippen LogP contribution in [0.25, 0.3) is 0 Å². The maximum Gasteiger partial charge on any atom is 0.315 e. The molecular weight excluding hydrogens is 224 g/mol. The summed E-state index contributed by atoms with van der Waals surface area (Å²) in [4.78, 5) is 10.7. The molecule has 1 aromatic carbocycles. The quantitative estimate of drug-likeness (QED) is 0.855. The third kappa shape index (κ3) is 3.47. The maximum atomic E-state index is 11.9. The standard InChI is InChI=1S/C10H10ClF2NO/c1-6(14-10(15)9(12)13)7-3-2-4-8(11)5-7/h2-6,9H,1H3,(H,14,15)/t6-/m0/s1. The van der Waals surface area contributed by atoms with E-state index in [0.717, 1.165) is 0 Å². The number of halogens is 3. The van der Waals surface area contributed by atoms with Gasteiger partial charge in [0.2, 0.25) is 0 Å². The van der Waals surface area contributed by atoms with Crippen molar-refractivity contribution in [2.45, 2.75) is 19.4 Å². The molecule has 15 heavy (non-hydrogen) atoms. The zero-order valence-corrected chi connectivity index (χ0v) is 8.76. The van der Waals surface area contributed by atoms with Crippen molar-refractivity contribution in [1.82, 2.24) is 5.32 Å². The fraction of sp³-hybridized carbons (Fsp3) is 0.300. The van der Waals surface area contributed by atoms with Crippen molar-refractivity contribution in [3.05, 3.63) is 34.9 Å². The van der Waals surface area contributed by atoms with E-state index in [9.17, 15) is 13.6 Å². The fourth-order valence-electron chi connectivity index (χ4n) is 1.14. The number of benzene rings is 1. The summed E-state index contributed by atoms with van der Waals surface area (Å²) in [6.45, 7) is 1.62. The van der Waals surface area contributed by atoms with Crippen molar-refractivity contribution in [3.63, 3.8) is 0 Å². The van der Waals surface area contributed by atoms with Crippen molar-refractivity contribution < 1.29 is 13.6 Å². The van der Waals surface area contributed by atoms with Crippen molar-refractivity contribution in [1.29, 1.82) is 0 Å². The largest absolute Gasteiger partial charge is 0.345 e. The highest BCUT2D eigenvalue weighted by atomic mass is 35.5. The molecule has 82 valence electrons. The predicted molar refractivity (Wildman–Crippen MR) is 54.0 cm³/mol. The van der Waals surface area contributed by atoms with E-state index in [1.807, 2.05) is 0 Å². The van der Waals surface area contributed by atoms with Crippen LogP contribution in [0.1, 0.15) is 18.5 Å². The van der Waals surface area contributed by atoms with E-state index in [1.165, 1.54) is 0 Å². The number of hydrogen-bond donors (Lipinski definition) is 1. The normalized spacial score (nSPS) is 12.6. The van der Waals surface area contributed by atoms with Crippen LogP contribution in [0.2, 0.25) is 5.02 Å². The van der Waals surface area contributed by atoms with Gasteiger partial charge in [-0.1, -0.05) is 23.7 Å². The lowest BCUT2D eigenvalue weighted by Gasteiger charge is -2.13. The number of amides is 1. The third-order valence-corrected chi connectivity index (χ3v) is 2.14. The van der Waals surface area contributed by atoms with Crippen LogP contribution >= 0.6 is 11.6 Å². The Morgan fingerprint density at radius 2 is 2.13 bits per heavy atom. The van der Waals surface area contributed by atoms with Crippen LogP contribution in [-0.4, -0.2) is 12.3 Å². The average Bonchev–Trinajstić information content (AvgIpc) is 2.17. The van der Waals surface area contributed by atoms with Gasteiger partial charge < -0.3 is 5.32 Å². The molecule has 1 atom stereocenters. The number of rotatable bonds is 3. The minimum atomic E-state index is -2.99. The molecule has 0 spiro atoms. The second kappa shape index (κ2) is 5.07. The molecule has 0 radical (unpaired) electrons. The molecule has 5 heteroatoms. The summed E-state index contributed by atoms with van der Waals surface area (Å²) in [5, 5.41) is 2.68. The maximum absolute atomic E-state index is 11.9. The van der Waals surface area contributed by atoms with E-state index in [2.05, 4.69) is 5.32 Å². The van der Waals surface area contributed by atoms with Crippen LogP contribution in [-0.2, 0) is 4.79 Å². The van der Waals surface area contributed by atoms with Gasteiger partial charge in [-0.25, -0.2) is 0 Å². The van der Waals surface area contributed by atoms with Gasteiger partial charge in [-0.15, -0.1) is 0 Å². The number of carbonyl (C=O) groups is 1. The number of carbonyl (C=O) groups excluding carboxylic acids is 1. The first-order valence-corrected chi connectivity index (χ1v) is 4.72. The molecule has 0 heterocycles. The first-order valence-electron chi connectivity index (χ1n) is 4.34. The molecule has 0 aliphatic carbocycles. The van der Waals surface area contributed by atoms with Crippen molar-refractivity contribution >= 4 is 17.5 Å². The van der Waals surface area contributed by atoms with Gasteiger partial charge in [0.1, 0.15) is 0 Å². The Kier molecular flexibility index (Phi) is 4.03. The number of alkyl halides is 2. The minimum Gasteiger partial charge on any atom is -0.345 e. The molecule has 1 amide bonds. The van der Waals surface area contributed by atoms with Crippen LogP contribution in [0.15, 0.2) is 24.3 Å². The van der Waals surface area contributed by atoms with E-state index < -0.39 is 18.4 Å². The Bertz CT molecular complexity index is 357. The zero-order valence-electron chi connectivity index (χ0n) is 8.01. The van der Waals surface area contributed by atoms with E-state index in [0.29, 0.717) is 10.6 Å². The SMILES string of the molecule is C[C@H](NC(=O)C(F)F)c1cccc(Cl)c1. The summed E-state index contributed by atoms with van der Waals surface area (Å²) in [5.41, 5.74) is 0.691. The summed E-state index contributed by atoms with van der Waals surface area (Å²) in [6.07, 6.45) is -2.99. The topological polar surface area (TPSA) is 29.1 Å². The molecule has 0 saturated heterocycles. The zero-order chi connectivity index (χ0) is 11.4. The Morgan fingerprint density at radius 3 is 2.67 bits per heavy atom. The third-order valence-electron chi connectivity index (χ3n) is 1.91. The molecule has 0 bridgehead atoms. The Morgan fingerprint density at radius 1 is 1.47 bits per heavy atom. The summed E-state index contributed by atoms with van der Waals surface area (Å²) < 4.78 is 23.9. The molecule has 0 aliphatic heterocycles. The Balaban J connectivity index is 2.69. The molecule has 0 fully saturated rings. The lowest BCUT2D eigenvalue weighted by atomic mass is 10.1. The predicted octanol–water partition coefficient (Wildman–Crippen LogP) is 2.78. The molecule has 0 saturated carbocycles. The number of hydrogen-bond acceptors (Lipinski definition) is 1. The van der Waals surface area contributed by atoms with Crippen LogP contribution in [0.5, 0.6) is 0 Å². The molecule has 0 aliphatic rings. The van der Waals surface area contributed by atoms with Gasteiger partial charge in [0, 0.05) is 5.02 Å². The summed E-state index contributed by atoms with van der Waals surface area (Å²) in [7, 11) is 0. The lowest BCUT2D eigenvalue weighted by molar-refractivity contribution is -0.132. The van der Waals surface area contributed by atoms with Gasteiger partial charge >= 0.3 is 6.43 Å². The summed E-state index contributed by atoms with van der Waals surface area (Å²) in [6, 6.07) is 6.22. The molecule has 1 rings (SSSR count). The highest BCUT2D eigenvalue weighted by Crippen LogP contribution is 2.17. The van der Waals surface area contributed by atoms with Gasteiger partial charge in [0.25, 0.3) is 5.91 Å². The van der Waals surface area contributed by atoms with Crippen molar-refractivity contribution in [2.24, 2.45) is 0 Å². The molecule has 1 N–H and O–H groups in total. The second-order valence-electron chi connectivity index (χ2n) is 3.09. The average molecular weight is 234 g/mol. The van der Waals surface area contributed by atoms with Crippen LogP contribution in [0.4, 0.5) is 8.78 Å². The summed E-state index contributed by atoms with van der Waals surface area (Å²) in [5.74, 6) is -1.28. The highest BCUT2D eigenvalue weighted by Gasteiger charge is 2.17. The van der Waals surface area contributed by atoms with E-state index >= 15 is 0 Å². The monoisotopic (exact) mass is 233 g/mol. The van der Waals surface area contributed by atoms with Gasteiger partial charge in [-0.05, 0) is 24.6 Å². The van der Waals surface area contributed by atoms with E-state index in [4.69, 9.17) is 11.6 Å². The molecule has 0 unspecified atom stereocenters. The highest BCUT2D eigenvalue weighted by molar-refractivity contribution is 6.30. The molecule has 2 nitrogen and oxygen atoms in total. The fourth-order valence-corrected chi connectivity index (χ4v) is 1.33.